The fourth-order valence-electron chi connectivity index (χ4n) is 2.12. The molecule has 0 bridgehead atoms. The summed E-state index contributed by atoms with van der Waals surface area (Å²) in [5, 5.41) is 3.67. The van der Waals surface area contributed by atoms with Crippen LogP contribution in [0.1, 0.15) is 5.76 Å². The molecule has 2 aromatic heterocycles. The van der Waals surface area contributed by atoms with Gasteiger partial charge in [-0.25, -0.2) is 9.78 Å². The predicted octanol–water partition coefficient (Wildman–Crippen LogP) is 1.94. The molecule has 0 spiro atoms. The second kappa shape index (κ2) is 5.24. The molecule has 6 heteroatoms. The van der Waals surface area contributed by atoms with Crippen LogP contribution in [-0.2, 0) is 11.3 Å². The van der Waals surface area contributed by atoms with Crippen LogP contribution in [0.2, 0.25) is 0 Å². The highest BCUT2D eigenvalue weighted by Crippen LogP contribution is 2.22. The minimum atomic E-state index is -0.450. The molecule has 3 aromatic rings. The Morgan fingerprint density at radius 2 is 2.24 bits per heavy atom. The number of rotatable bonds is 3. The molecule has 2 heterocycles. The molecule has 1 N–H and O–H groups in total. The van der Waals surface area contributed by atoms with Crippen molar-refractivity contribution in [3.05, 3.63) is 59.0 Å². The largest absolute Gasteiger partial charge is 0.461 e. The number of nitrogens with one attached hydrogen (secondary N) is 1. The van der Waals surface area contributed by atoms with Crippen molar-refractivity contribution < 1.29 is 9.21 Å². The predicted molar refractivity (Wildman–Crippen MR) is 78.1 cm³/mol. The smallest absolute Gasteiger partial charge is 0.347 e. The number of benzene rings is 1. The summed E-state index contributed by atoms with van der Waals surface area (Å²) >= 11 is 0. The summed E-state index contributed by atoms with van der Waals surface area (Å²) in [6.07, 6.45) is 2.92. The summed E-state index contributed by atoms with van der Waals surface area (Å²) < 4.78 is 6.72. The Morgan fingerprint density at radius 1 is 1.38 bits per heavy atom. The molecule has 0 aliphatic carbocycles. The first-order valence-corrected chi connectivity index (χ1v) is 6.43. The van der Waals surface area contributed by atoms with Crippen LogP contribution in [-0.4, -0.2) is 15.5 Å². The molecular formula is C15H13N3O3. The van der Waals surface area contributed by atoms with Gasteiger partial charge in [-0.2, -0.15) is 0 Å². The van der Waals surface area contributed by atoms with Gasteiger partial charge in [0.05, 0.1) is 0 Å². The standard InChI is InChI=1S/C15H13N3O3/c1-10-7-11-8-12(3-4-13(11)21-10)17-14(19)9-18-6-2-5-16-15(18)20/h2-8H,9H2,1H3,(H,17,19). The second-order valence-corrected chi connectivity index (χ2v) is 4.69. The van der Waals surface area contributed by atoms with Crippen LogP contribution in [0, 0.1) is 6.92 Å². The topological polar surface area (TPSA) is 77.1 Å². The summed E-state index contributed by atoms with van der Waals surface area (Å²) in [6.45, 7) is 1.79. The maximum atomic E-state index is 12.0. The third-order valence-corrected chi connectivity index (χ3v) is 3.02. The van der Waals surface area contributed by atoms with E-state index in [-0.39, 0.29) is 12.5 Å². The number of anilines is 1. The number of carbonyl (C=O) groups excluding carboxylic acids is 1. The van der Waals surface area contributed by atoms with Crippen LogP contribution in [0.5, 0.6) is 0 Å². The van der Waals surface area contributed by atoms with Crippen molar-refractivity contribution in [2.24, 2.45) is 0 Å². The van der Waals surface area contributed by atoms with E-state index < -0.39 is 5.69 Å². The van der Waals surface area contributed by atoms with E-state index in [1.807, 2.05) is 19.1 Å². The Kier molecular flexibility index (Phi) is 3.27. The Bertz CT molecular complexity index is 864. The molecule has 106 valence electrons. The van der Waals surface area contributed by atoms with E-state index in [1.165, 1.54) is 17.0 Å². The van der Waals surface area contributed by atoms with Crippen LogP contribution in [0.15, 0.2) is 51.9 Å². The maximum absolute atomic E-state index is 12.0. The van der Waals surface area contributed by atoms with Crippen LogP contribution in [0.4, 0.5) is 5.69 Å². The summed E-state index contributed by atoms with van der Waals surface area (Å²) in [5.74, 6) is 0.528. The molecule has 6 nitrogen and oxygen atoms in total. The van der Waals surface area contributed by atoms with Crippen molar-refractivity contribution >= 4 is 22.6 Å². The number of aryl methyl sites for hydroxylation is 1. The molecule has 0 saturated heterocycles. The fourth-order valence-corrected chi connectivity index (χ4v) is 2.12. The minimum Gasteiger partial charge on any atom is -0.461 e. The summed E-state index contributed by atoms with van der Waals surface area (Å²) in [7, 11) is 0. The zero-order valence-corrected chi connectivity index (χ0v) is 11.4. The molecule has 0 radical (unpaired) electrons. The van der Waals surface area contributed by atoms with Gasteiger partial charge in [-0.3, -0.25) is 9.36 Å². The van der Waals surface area contributed by atoms with Crippen molar-refractivity contribution in [2.45, 2.75) is 13.5 Å². The molecule has 3 rings (SSSR count). The number of furan rings is 1. The van der Waals surface area contributed by atoms with Gasteiger partial charge in [-0.15, -0.1) is 0 Å². The molecule has 0 unspecified atom stereocenters. The molecule has 0 saturated carbocycles. The van der Waals surface area contributed by atoms with E-state index in [0.29, 0.717) is 5.69 Å². The number of fused-ring (bicyclic) bond motifs is 1. The first-order valence-electron chi connectivity index (χ1n) is 6.43. The van der Waals surface area contributed by atoms with Crippen LogP contribution in [0.25, 0.3) is 11.0 Å². The number of carbonyl (C=O) groups is 1. The Balaban J connectivity index is 1.77. The Hall–Kier alpha value is -2.89. The summed E-state index contributed by atoms with van der Waals surface area (Å²) in [6, 6.07) is 8.89. The highest BCUT2D eigenvalue weighted by Gasteiger charge is 2.07. The van der Waals surface area contributed by atoms with Crippen molar-refractivity contribution in [3.63, 3.8) is 0 Å². The van der Waals surface area contributed by atoms with Crippen LogP contribution < -0.4 is 11.0 Å². The third kappa shape index (κ3) is 2.84. The summed E-state index contributed by atoms with van der Waals surface area (Å²) in [5.41, 5.74) is 0.979. The van der Waals surface area contributed by atoms with Crippen LogP contribution >= 0.6 is 0 Å². The normalized spacial score (nSPS) is 10.7. The zero-order chi connectivity index (χ0) is 14.8. The van der Waals surface area contributed by atoms with Crippen molar-refractivity contribution in [1.82, 2.24) is 9.55 Å². The van der Waals surface area contributed by atoms with Gasteiger partial charge in [0.15, 0.2) is 0 Å². The van der Waals surface area contributed by atoms with Crippen molar-refractivity contribution in [3.8, 4) is 0 Å². The van der Waals surface area contributed by atoms with E-state index in [2.05, 4.69) is 10.3 Å². The number of aromatic nitrogens is 2. The lowest BCUT2D eigenvalue weighted by molar-refractivity contribution is -0.116. The Labute approximate surface area is 120 Å². The fraction of sp³-hybridized carbons (Fsp3) is 0.133. The van der Waals surface area contributed by atoms with Gasteiger partial charge in [-0.05, 0) is 37.3 Å². The first kappa shape index (κ1) is 13.1. The lowest BCUT2D eigenvalue weighted by Crippen LogP contribution is -2.28. The SMILES string of the molecule is Cc1cc2cc(NC(=O)Cn3cccnc3=O)ccc2o1. The second-order valence-electron chi connectivity index (χ2n) is 4.69. The molecule has 1 aromatic carbocycles. The van der Waals surface area contributed by atoms with Crippen LogP contribution in [0.3, 0.4) is 0 Å². The number of nitrogens with zero attached hydrogens (tertiary/aromatic N) is 2. The monoisotopic (exact) mass is 283 g/mol. The van der Waals surface area contributed by atoms with E-state index in [9.17, 15) is 9.59 Å². The maximum Gasteiger partial charge on any atom is 0.347 e. The van der Waals surface area contributed by atoms with Gasteiger partial charge < -0.3 is 9.73 Å². The lowest BCUT2D eigenvalue weighted by Gasteiger charge is -2.06. The highest BCUT2D eigenvalue weighted by atomic mass is 16.3. The average molecular weight is 283 g/mol. The molecule has 1 amide bonds. The number of hydrogen-bond donors (Lipinski definition) is 1. The van der Waals surface area contributed by atoms with Gasteiger partial charge in [0.2, 0.25) is 5.91 Å². The van der Waals surface area contributed by atoms with E-state index in [4.69, 9.17) is 4.42 Å². The number of amides is 1. The van der Waals surface area contributed by atoms with Gasteiger partial charge in [0.25, 0.3) is 0 Å². The minimum absolute atomic E-state index is 0.0743. The molecule has 21 heavy (non-hydrogen) atoms. The summed E-state index contributed by atoms with van der Waals surface area (Å²) in [4.78, 5) is 27.0. The third-order valence-electron chi connectivity index (χ3n) is 3.02. The molecule has 0 aliphatic heterocycles. The van der Waals surface area contributed by atoms with Gasteiger partial charge in [0, 0.05) is 23.5 Å². The van der Waals surface area contributed by atoms with Crippen molar-refractivity contribution in [2.75, 3.05) is 5.32 Å². The number of hydrogen-bond acceptors (Lipinski definition) is 4. The van der Waals surface area contributed by atoms with E-state index in [1.54, 1.807) is 18.2 Å². The van der Waals surface area contributed by atoms with E-state index >= 15 is 0 Å². The Morgan fingerprint density at radius 3 is 3.05 bits per heavy atom. The molecular weight excluding hydrogens is 270 g/mol. The zero-order valence-electron chi connectivity index (χ0n) is 11.4. The molecule has 0 aliphatic rings. The van der Waals surface area contributed by atoms with Gasteiger partial charge in [-0.1, -0.05) is 0 Å². The molecule has 0 atom stereocenters. The highest BCUT2D eigenvalue weighted by molar-refractivity contribution is 5.93. The van der Waals surface area contributed by atoms with Crippen molar-refractivity contribution in [1.29, 1.82) is 0 Å². The lowest BCUT2D eigenvalue weighted by atomic mass is 10.2. The average Bonchev–Trinajstić information content (AvgIpc) is 2.80. The van der Waals surface area contributed by atoms with Gasteiger partial charge >= 0.3 is 5.69 Å². The van der Waals surface area contributed by atoms with Gasteiger partial charge in [0.1, 0.15) is 17.9 Å². The quantitative estimate of drug-likeness (QED) is 0.796. The van der Waals surface area contributed by atoms with E-state index in [0.717, 1.165) is 16.7 Å². The molecule has 0 fully saturated rings. The first-order chi connectivity index (χ1) is 10.1.